The van der Waals surface area contributed by atoms with E-state index in [1.165, 1.54) is 5.56 Å². The van der Waals surface area contributed by atoms with Crippen molar-refractivity contribution in [3.05, 3.63) is 88.2 Å². The van der Waals surface area contributed by atoms with Crippen LogP contribution in [0.1, 0.15) is 38.4 Å². The highest BCUT2D eigenvalue weighted by molar-refractivity contribution is 5.94. The summed E-state index contributed by atoms with van der Waals surface area (Å²) in [5.74, 6) is 0.0308. The second-order valence-corrected chi connectivity index (χ2v) is 6.93. The lowest BCUT2D eigenvalue weighted by Crippen LogP contribution is -2.26. The minimum absolute atomic E-state index is 0.0308. The molecule has 0 N–H and O–H groups in total. The molecule has 0 fully saturated rings. The Morgan fingerprint density at radius 1 is 0.962 bits per heavy atom. The highest BCUT2D eigenvalue weighted by Gasteiger charge is 2.12. The lowest BCUT2D eigenvalue weighted by atomic mass is 10.1. The number of nitrogens with zero attached hydrogens (tertiary/aromatic N) is 3. The molecular weight excluding hydrogens is 322 g/mol. The first-order valence-corrected chi connectivity index (χ1v) is 8.83. The fourth-order valence-corrected chi connectivity index (χ4v) is 3.02. The first kappa shape index (κ1) is 17.9. The van der Waals surface area contributed by atoms with E-state index in [0.717, 1.165) is 22.5 Å². The van der Waals surface area contributed by atoms with E-state index in [1.807, 2.05) is 42.9 Å². The number of amides is 1. The molecular formula is C22H25N3O. The minimum Gasteiger partial charge on any atom is -0.337 e. The van der Waals surface area contributed by atoms with Crippen LogP contribution in [0, 0.1) is 20.8 Å². The zero-order valence-electron chi connectivity index (χ0n) is 15.9. The number of carbonyl (C=O) groups is 1. The summed E-state index contributed by atoms with van der Waals surface area (Å²) in [5.41, 5.74) is 6.35. The maximum atomic E-state index is 12.7. The first-order valence-electron chi connectivity index (χ1n) is 8.83. The van der Waals surface area contributed by atoms with Crippen molar-refractivity contribution in [3.8, 4) is 0 Å². The van der Waals surface area contributed by atoms with Crippen LogP contribution in [0.15, 0.2) is 54.6 Å². The van der Waals surface area contributed by atoms with Gasteiger partial charge in [-0.15, -0.1) is 0 Å². The van der Waals surface area contributed by atoms with Gasteiger partial charge in [0.15, 0.2) is 0 Å². The first-order chi connectivity index (χ1) is 12.4. The fourth-order valence-electron chi connectivity index (χ4n) is 3.02. The van der Waals surface area contributed by atoms with Crippen LogP contribution in [0.4, 0.5) is 0 Å². The van der Waals surface area contributed by atoms with Crippen molar-refractivity contribution in [1.29, 1.82) is 0 Å². The summed E-state index contributed by atoms with van der Waals surface area (Å²) in [5, 5.41) is 4.49. The highest BCUT2D eigenvalue weighted by Crippen LogP contribution is 2.12. The van der Waals surface area contributed by atoms with Crippen molar-refractivity contribution in [2.45, 2.75) is 33.9 Å². The third kappa shape index (κ3) is 4.20. The average molecular weight is 347 g/mol. The smallest absolute Gasteiger partial charge is 0.253 e. The van der Waals surface area contributed by atoms with Gasteiger partial charge >= 0.3 is 0 Å². The second kappa shape index (κ2) is 7.56. The largest absolute Gasteiger partial charge is 0.337 e. The van der Waals surface area contributed by atoms with Crippen molar-refractivity contribution in [3.63, 3.8) is 0 Å². The quantitative estimate of drug-likeness (QED) is 0.696. The zero-order chi connectivity index (χ0) is 18.7. The highest BCUT2D eigenvalue weighted by atomic mass is 16.2. The van der Waals surface area contributed by atoms with Gasteiger partial charge in [-0.2, -0.15) is 5.10 Å². The van der Waals surface area contributed by atoms with Gasteiger partial charge in [0, 0.05) is 24.8 Å². The molecule has 4 heteroatoms. The van der Waals surface area contributed by atoms with Crippen LogP contribution in [0.2, 0.25) is 0 Å². The minimum atomic E-state index is 0.0308. The van der Waals surface area contributed by atoms with E-state index in [-0.39, 0.29) is 5.91 Å². The summed E-state index contributed by atoms with van der Waals surface area (Å²) >= 11 is 0. The number of hydrogen-bond donors (Lipinski definition) is 0. The predicted octanol–water partition coefficient (Wildman–Crippen LogP) is 4.13. The molecule has 26 heavy (non-hydrogen) atoms. The third-order valence-corrected chi connectivity index (χ3v) is 4.52. The van der Waals surface area contributed by atoms with Crippen molar-refractivity contribution >= 4 is 5.91 Å². The summed E-state index contributed by atoms with van der Waals surface area (Å²) in [6.45, 7) is 7.43. The molecule has 1 aromatic heterocycles. The van der Waals surface area contributed by atoms with Gasteiger partial charge in [-0.05, 0) is 50.1 Å². The van der Waals surface area contributed by atoms with E-state index in [4.69, 9.17) is 0 Å². The van der Waals surface area contributed by atoms with Crippen LogP contribution in [-0.4, -0.2) is 27.6 Å². The summed E-state index contributed by atoms with van der Waals surface area (Å²) in [7, 11) is 1.84. The molecule has 0 radical (unpaired) electrons. The van der Waals surface area contributed by atoms with E-state index in [9.17, 15) is 4.79 Å². The lowest BCUT2D eigenvalue weighted by molar-refractivity contribution is 0.0785. The number of rotatable bonds is 5. The Kier molecular flexibility index (Phi) is 5.21. The summed E-state index contributed by atoms with van der Waals surface area (Å²) in [6.07, 6.45) is 0. The summed E-state index contributed by atoms with van der Waals surface area (Å²) in [4.78, 5) is 14.4. The van der Waals surface area contributed by atoms with Crippen LogP contribution in [0.25, 0.3) is 0 Å². The SMILES string of the molecule is Cc1ccc(CN(C)C(=O)c2ccc(Cn3nc(C)cc3C)cc2)cc1. The molecule has 0 unspecified atom stereocenters. The monoisotopic (exact) mass is 347 g/mol. The molecule has 2 aromatic carbocycles. The molecule has 0 saturated heterocycles. The van der Waals surface area contributed by atoms with Crippen molar-refractivity contribution in [1.82, 2.24) is 14.7 Å². The van der Waals surface area contributed by atoms with Gasteiger partial charge in [-0.1, -0.05) is 42.0 Å². The Hall–Kier alpha value is -2.88. The van der Waals surface area contributed by atoms with Crippen LogP contribution >= 0.6 is 0 Å². The number of aromatic nitrogens is 2. The van der Waals surface area contributed by atoms with Gasteiger partial charge in [0.1, 0.15) is 0 Å². The Balaban J connectivity index is 1.66. The maximum Gasteiger partial charge on any atom is 0.253 e. The Morgan fingerprint density at radius 2 is 1.58 bits per heavy atom. The van der Waals surface area contributed by atoms with Gasteiger partial charge in [0.05, 0.1) is 12.2 Å². The fraction of sp³-hybridized carbons (Fsp3) is 0.273. The van der Waals surface area contributed by atoms with E-state index in [0.29, 0.717) is 18.7 Å². The van der Waals surface area contributed by atoms with Gasteiger partial charge in [-0.3, -0.25) is 9.48 Å². The second-order valence-electron chi connectivity index (χ2n) is 6.93. The molecule has 134 valence electrons. The topological polar surface area (TPSA) is 38.1 Å². The maximum absolute atomic E-state index is 12.7. The molecule has 3 rings (SSSR count). The summed E-state index contributed by atoms with van der Waals surface area (Å²) < 4.78 is 1.98. The molecule has 0 atom stereocenters. The van der Waals surface area contributed by atoms with E-state index in [2.05, 4.69) is 49.3 Å². The van der Waals surface area contributed by atoms with Crippen molar-refractivity contribution in [2.24, 2.45) is 0 Å². The van der Waals surface area contributed by atoms with Crippen molar-refractivity contribution in [2.75, 3.05) is 7.05 Å². The summed E-state index contributed by atoms with van der Waals surface area (Å²) in [6, 6.07) is 18.1. The Labute approximate surface area is 155 Å². The van der Waals surface area contributed by atoms with Gasteiger partial charge in [0.25, 0.3) is 5.91 Å². The van der Waals surface area contributed by atoms with E-state index in [1.54, 1.807) is 4.90 Å². The molecule has 0 aliphatic heterocycles. The third-order valence-electron chi connectivity index (χ3n) is 4.52. The molecule has 0 aliphatic rings. The number of benzene rings is 2. The Bertz CT molecular complexity index is 892. The van der Waals surface area contributed by atoms with Gasteiger partial charge < -0.3 is 4.90 Å². The molecule has 0 aliphatic carbocycles. The molecule has 4 nitrogen and oxygen atoms in total. The van der Waals surface area contributed by atoms with Gasteiger partial charge in [0.2, 0.25) is 0 Å². The average Bonchev–Trinajstić information content (AvgIpc) is 2.94. The number of hydrogen-bond acceptors (Lipinski definition) is 2. The van der Waals surface area contributed by atoms with Crippen LogP contribution in [0.5, 0.6) is 0 Å². The van der Waals surface area contributed by atoms with E-state index < -0.39 is 0 Å². The molecule has 1 heterocycles. The predicted molar refractivity (Wildman–Crippen MR) is 104 cm³/mol. The molecule has 1 amide bonds. The standard InChI is InChI=1S/C22H25N3O/c1-16-5-7-19(8-6-16)14-24(4)22(26)21-11-9-20(10-12-21)15-25-18(3)13-17(2)23-25/h5-13H,14-15H2,1-4H3. The molecule has 0 spiro atoms. The molecule has 0 saturated carbocycles. The normalized spacial score (nSPS) is 10.8. The van der Waals surface area contributed by atoms with Crippen LogP contribution < -0.4 is 0 Å². The zero-order valence-corrected chi connectivity index (χ0v) is 15.9. The van der Waals surface area contributed by atoms with Crippen LogP contribution in [-0.2, 0) is 13.1 Å². The van der Waals surface area contributed by atoms with Gasteiger partial charge in [-0.25, -0.2) is 0 Å². The molecule has 3 aromatic rings. The van der Waals surface area contributed by atoms with Crippen molar-refractivity contribution < 1.29 is 4.79 Å². The number of aryl methyl sites for hydroxylation is 3. The van der Waals surface area contributed by atoms with Crippen LogP contribution in [0.3, 0.4) is 0 Å². The number of carbonyl (C=O) groups excluding carboxylic acids is 1. The lowest BCUT2D eigenvalue weighted by Gasteiger charge is -2.18. The van der Waals surface area contributed by atoms with E-state index >= 15 is 0 Å². The Morgan fingerprint density at radius 3 is 2.15 bits per heavy atom. The molecule has 0 bridgehead atoms.